The van der Waals surface area contributed by atoms with Crippen LogP contribution in [0.4, 0.5) is 4.39 Å². The van der Waals surface area contributed by atoms with Crippen LogP contribution in [-0.4, -0.2) is 38.2 Å². The normalized spacial score (nSPS) is 15.8. The summed E-state index contributed by atoms with van der Waals surface area (Å²) in [7, 11) is -3.75. The number of amides is 1. The highest BCUT2D eigenvalue weighted by Crippen LogP contribution is 2.28. The summed E-state index contributed by atoms with van der Waals surface area (Å²) in [6.07, 6.45) is 2.36. The Balaban J connectivity index is 1.79. The SMILES string of the molecule is N#CC1(NC(=O)COC(=O)CCS(=O)(=O)c2ccc(F)cc2)CCCC1. The average molecular weight is 382 g/mol. The molecule has 0 radical (unpaired) electrons. The molecule has 0 aliphatic heterocycles. The van der Waals surface area contributed by atoms with E-state index in [1.807, 2.05) is 0 Å². The quantitative estimate of drug-likeness (QED) is 0.564. The van der Waals surface area contributed by atoms with Crippen LogP contribution in [-0.2, 0) is 24.2 Å². The molecule has 1 N–H and O–H groups in total. The van der Waals surface area contributed by atoms with Gasteiger partial charge in [-0.1, -0.05) is 0 Å². The highest BCUT2D eigenvalue weighted by molar-refractivity contribution is 7.91. The Labute approximate surface area is 151 Å². The summed E-state index contributed by atoms with van der Waals surface area (Å²) in [5.74, 6) is -2.51. The molecule has 1 fully saturated rings. The molecule has 2 rings (SSSR count). The molecular weight excluding hydrogens is 363 g/mol. The minimum atomic E-state index is -3.75. The van der Waals surface area contributed by atoms with Crippen LogP contribution in [0, 0.1) is 17.1 Å². The van der Waals surface area contributed by atoms with E-state index in [-0.39, 0.29) is 4.90 Å². The average Bonchev–Trinajstić information content (AvgIpc) is 3.07. The molecule has 1 aliphatic rings. The molecule has 0 saturated heterocycles. The summed E-state index contributed by atoms with van der Waals surface area (Å²) in [6, 6.07) is 6.35. The van der Waals surface area contributed by atoms with Crippen LogP contribution >= 0.6 is 0 Å². The largest absolute Gasteiger partial charge is 0.456 e. The number of rotatable bonds is 7. The van der Waals surface area contributed by atoms with E-state index in [9.17, 15) is 27.7 Å². The number of esters is 1. The zero-order chi connectivity index (χ0) is 19.2. The van der Waals surface area contributed by atoms with E-state index in [0.29, 0.717) is 12.8 Å². The Morgan fingerprint density at radius 1 is 1.23 bits per heavy atom. The first-order valence-corrected chi connectivity index (χ1v) is 9.78. The van der Waals surface area contributed by atoms with Crippen molar-refractivity contribution >= 4 is 21.7 Å². The maximum absolute atomic E-state index is 12.8. The minimum absolute atomic E-state index is 0.0957. The molecule has 1 aromatic rings. The summed E-state index contributed by atoms with van der Waals surface area (Å²) in [5.41, 5.74) is -0.907. The molecule has 1 amide bonds. The predicted molar refractivity (Wildman–Crippen MR) is 89.0 cm³/mol. The molecule has 1 aliphatic carbocycles. The van der Waals surface area contributed by atoms with Crippen molar-refractivity contribution in [3.63, 3.8) is 0 Å². The number of sulfone groups is 1. The molecule has 26 heavy (non-hydrogen) atoms. The van der Waals surface area contributed by atoms with Crippen LogP contribution in [0.15, 0.2) is 29.2 Å². The van der Waals surface area contributed by atoms with Gasteiger partial charge in [0.25, 0.3) is 5.91 Å². The zero-order valence-electron chi connectivity index (χ0n) is 14.0. The van der Waals surface area contributed by atoms with Crippen molar-refractivity contribution in [3.05, 3.63) is 30.1 Å². The van der Waals surface area contributed by atoms with Gasteiger partial charge in [-0.3, -0.25) is 9.59 Å². The standard InChI is InChI=1S/C17H19FN2O5S/c18-13-3-5-14(6-4-13)26(23,24)10-7-16(22)25-11-15(21)20-17(12-19)8-1-2-9-17/h3-6H,1-2,7-11H2,(H,20,21). The molecule has 0 bridgehead atoms. The fourth-order valence-electron chi connectivity index (χ4n) is 2.74. The number of ether oxygens (including phenoxy) is 1. The highest BCUT2D eigenvalue weighted by atomic mass is 32.2. The first-order valence-electron chi connectivity index (χ1n) is 8.13. The second kappa shape index (κ2) is 8.27. The van der Waals surface area contributed by atoms with Crippen LogP contribution in [0.1, 0.15) is 32.1 Å². The molecule has 1 saturated carbocycles. The Kier molecular flexibility index (Phi) is 6.32. The lowest BCUT2D eigenvalue weighted by Crippen LogP contribution is -2.46. The molecule has 0 atom stereocenters. The fraction of sp³-hybridized carbons (Fsp3) is 0.471. The van der Waals surface area contributed by atoms with Gasteiger partial charge < -0.3 is 10.1 Å². The van der Waals surface area contributed by atoms with Gasteiger partial charge in [-0.15, -0.1) is 0 Å². The predicted octanol–water partition coefficient (Wildman–Crippen LogP) is 1.49. The van der Waals surface area contributed by atoms with Crippen LogP contribution in [0.2, 0.25) is 0 Å². The van der Waals surface area contributed by atoms with Crippen LogP contribution in [0.3, 0.4) is 0 Å². The van der Waals surface area contributed by atoms with Gasteiger partial charge in [-0.05, 0) is 49.9 Å². The van der Waals surface area contributed by atoms with E-state index in [1.54, 1.807) is 0 Å². The first kappa shape index (κ1) is 19.8. The molecule has 0 heterocycles. The van der Waals surface area contributed by atoms with Crippen LogP contribution in [0.25, 0.3) is 0 Å². The Morgan fingerprint density at radius 3 is 2.42 bits per heavy atom. The molecule has 9 heteroatoms. The van der Waals surface area contributed by atoms with Crippen LogP contribution < -0.4 is 5.32 Å². The fourth-order valence-corrected chi connectivity index (χ4v) is 3.96. The lowest BCUT2D eigenvalue weighted by Gasteiger charge is -2.21. The summed E-state index contributed by atoms with van der Waals surface area (Å²) in [5, 5.41) is 11.7. The molecule has 0 aromatic heterocycles. The second-order valence-corrected chi connectivity index (χ2v) is 8.24. The van der Waals surface area contributed by atoms with Gasteiger partial charge in [-0.25, -0.2) is 12.8 Å². The van der Waals surface area contributed by atoms with Crippen molar-refractivity contribution in [1.82, 2.24) is 5.32 Å². The van der Waals surface area contributed by atoms with Crippen molar-refractivity contribution in [2.45, 2.75) is 42.5 Å². The molecule has 0 unspecified atom stereocenters. The van der Waals surface area contributed by atoms with Crippen molar-refractivity contribution in [2.75, 3.05) is 12.4 Å². The van der Waals surface area contributed by atoms with E-state index in [4.69, 9.17) is 4.74 Å². The third-order valence-corrected chi connectivity index (χ3v) is 5.89. The number of halogens is 1. The third-order valence-electron chi connectivity index (χ3n) is 4.16. The molecular formula is C17H19FN2O5S. The number of hydrogen-bond donors (Lipinski definition) is 1. The zero-order valence-corrected chi connectivity index (χ0v) is 14.9. The maximum atomic E-state index is 12.8. The number of hydrogen-bond acceptors (Lipinski definition) is 6. The monoisotopic (exact) mass is 382 g/mol. The van der Waals surface area contributed by atoms with Gasteiger partial charge in [0.15, 0.2) is 16.4 Å². The van der Waals surface area contributed by atoms with Gasteiger partial charge >= 0.3 is 5.97 Å². The minimum Gasteiger partial charge on any atom is -0.456 e. The van der Waals surface area contributed by atoms with Crippen molar-refractivity contribution in [3.8, 4) is 6.07 Å². The number of nitrogens with zero attached hydrogens (tertiary/aromatic N) is 1. The number of nitriles is 1. The lowest BCUT2D eigenvalue weighted by molar-refractivity contribution is -0.148. The van der Waals surface area contributed by atoms with E-state index in [0.717, 1.165) is 37.1 Å². The smallest absolute Gasteiger partial charge is 0.307 e. The van der Waals surface area contributed by atoms with Crippen molar-refractivity contribution in [1.29, 1.82) is 5.26 Å². The van der Waals surface area contributed by atoms with Crippen molar-refractivity contribution in [2.24, 2.45) is 0 Å². The Hall–Kier alpha value is -2.47. The van der Waals surface area contributed by atoms with Crippen molar-refractivity contribution < 1.29 is 27.1 Å². The molecule has 140 valence electrons. The summed E-state index contributed by atoms with van der Waals surface area (Å²) >= 11 is 0. The molecule has 1 aromatic carbocycles. The Bertz CT molecular complexity index is 809. The van der Waals surface area contributed by atoms with E-state index < -0.39 is 51.9 Å². The van der Waals surface area contributed by atoms with Gasteiger partial charge in [0, 0.05) is 0 Å². The van der Waals surface area contributed by atoms with Gasteiger partial charge in [0.1, 0.15) is 11.4 Å². The Morgan fingerprint density at radius 2 is 1.85 bits per heavy atom. The summed E-state index contributed by atoms with van der Waals surface area (Å²) < 4.78 is 41.7. The number of carbonyl (C=O) groups is 2. The van der Waals surface area contributed by atoms with Gasteiger partial charge in [-0.2, -0.15) is 5.26 Å². The van der Waals surface area contributed by atoms with Gasteiger partial charge in [0.2, 0.25) is 0 Å². The van der Waals surface area contributed by atoms with Gasteiger partial charge in [0.05, 0.1) is 23.1 Å². The van der Waals surface area contributed by atoms with E-state index >= 15 is 0 Å². The maximum Gasteiger partial charge on any atom is 0.307 e. The van der Waals surface area contributed by atoms with E-state index in [1.165, 1.54) is 0 Å². The number of benzene rings is 1. The van der Waals surface area contributed by atoms with E-state index in [2.05, 4.69) is 11.4 Å². The number of carbonyl (C=O) groups excluding carboxylic acids is 2. The lowest BCUT2D eigenvalue weighted by atomic mass is 10.00. The summed E-state index contributed by atoms with van der Waals surface area (Å²) in [6.45, 7) is -0.571. The first-order chi connectivity index (χ1) is 12.3. The second-order valence-electron chi connectivity index (χ2n) is 6.13. The molecule has 0 spiro atoms. The highest BCUT2D eigenvalue weighted by Gasteiger charge is 2.35. The third kappa shape index (κ3) is 5.26. The number of nitrogens with one attached hydrogen (secondary N) is 1. The topological polar surface area (TPSA) is 113 Å². The summed E-state index contributed by atoms with van der Waals surface area (Å²) in [4.78, 5) is 23.4. The van der Waals surface area contributed by atoms with Crippen LogP contribution in [0.5, 0.6) is 0 Å². The molecule has 7 nitrogen and oxygen atoms in total.